The maximum atomic E-state index is 12.6. The van der Waals surface area contributed by atoms with Crippen LogP contribution in [0.25, 0.3) is 0 Å². The number of ether oxygens (including phenoxy) is 1. The summed E-state index contributed by atoms with van der Waals surface area (Å²) in [5.41, 5.74) is 0.565. The van der Waals surface area contributed by atoms with E-state index in [2.05, 4.69) is 10.1 Å². The van der Waals surface area contributed by atoms with Crippen molar-refractivity contribution >= 4 is 17.6 Å². The van der Waals surface area contributed by atoms with Crippen molar-refractivity contribution in [2.75, 3.05) is 26.0 Å². The average Bonchev–Trinajstić information content (AvgIpc) is 2.61. The van der Waals surface area contributed by atoms with Crippen molar-refractivity contribution in [3.63, 3.8) is 0 Å². The molecule has 144 valence electrons. The van der Waals surface area contributed by atoms with E-state index in [-0.39, 0.29) is 18.0 Å². The van der Waals surface area contributed by atoms with Gasteiger partial charge in [0.2, 0.25) is 0 Å². The Morgan fingerprint density at radius 3 is 2.30 bits per heavy atom. The Morgan fingerprint density at radius 2 is 1.70 bits per heavy atom. The van der Waals surface area contributed by atoms with E-state index >= 15 is 0 Å². The van der Waals surface area contributed by atoms with Crippen LogP contribution >= 0.6 is 0 Å². The van der Waals surface area contributed by atoms with Crippen LogP contribution in [0.4, 0.5) is 18.9 Å². The van der Waals surface area contributed by atoms with E-state index in [1.807, 2.05) is 0 Å². The van der Waals surface area contributed by atoms with Crippen LogP contribution in [0.1, 0.15) is 21.5 Å². The minimum absolute atomic E-state index is 0.0799. The lowest BCUT2D eigenvalue weighted by atomic mass is 10.1. The molecule has 0 spiro atoms. The van der Waals surface area contributed by atoms with Crippen molar-refractivity contribution in [3.8, 4) is 0 Å². The summed E-state index contributed by atoms with van der Waals surface area (Å²) in [6, 6.07) is 11.3. The van der Waals surface area contributed by atoms with Crippen molar-refractivity contribution < 1.29 is 32.4 Å². The second-order valence-corrected chi connectivity index (χ2v) is 6.09. The molecule has 0 aromatic heterocycles. The fraction of sp³-hybridized carbons (Fsp3) is 0.263. The summed E-state index contributed by atoms with van der Waals surface area (Å²) in [5.74, 6) is -0.882. The van der Waals surface area contributed by atoms with Gasteiger partial charge in [0.05, 0.1) is 31.0 Å². The number of likely N-dealkylation sites (N-methyl/N-ethyl adjacent to an activating group) is 1. The van der Waals surface area contributed by atoms with Gasteiger partial charge in [0, 0.05) is 5.56 Å². The van der Waals surface area contributed by atoms with Crippen LogP contribution in [0.2, 0.25) is 0 Å². The topological polar surface area (TPSA) is 59.8 Å². The summed E-state index contributed by atoms with van der Waals surface area (Å²) in [6.07, 6.45) is -4.37. The quantitative estimate of drug-likeness (QED) is 0.754. The normalized spacial score (nSPS) is 12.3. The van der Waals surface area contributed by atoms with Crippen LogP contribution in [0.15, 0.2) is 48.5 Å². The van der Waals surface area contributed by atoms with Crippen LogP contribution in [0, 0.1) is 0 Å². The first-order valence-corrected chi connectivity index (χ1v) is 8.15. The van der Waals surface area contributed by atoms with E-state index in [0.29, 0.717) is 17.8 Å². The molecule has 2 rings (SSSR count). The number of methoxy groups -OCH3 is 1. The third-order valence-electron chi connectivity index (χ3n) is 3.86. The number of anilines is 1. The zero-order valence-corrected chi connectivity index (χ0v) is 14.9. The predicted octanol–water partition coefficient (Wildman–Crippen LogP) is 2.15. The molecule has 1 unspecified atom stereocenters. The van der Waals surface area contributed by atoms with Gasteiger partial charge in [-0.2, -0.15) is 13.2 Å². The van der Waals surface area contributed by atoms with Crippen LogP contribution in [0.5, 0.6) is 0 Å². The number of quaternary nitrogens is 1. The number of hydrogen-bond acceptors (Lipinski definition) is 3. The van der Waals surface area contributed by atoms with Crippen molar-refractivity contribution in [3.05, 3.63) is 65.2 Å². The molecule has 5 nitrogen and oxygen atoms in total. The first-order chi connectivity index (χ1) is 12.7. The molecular formula is C19H20F3N2O3+. The maximum absolute atomic E-state index is 12.6. The number of hydrogen-bond donors (Lipinski definition) is 2. The van der Waals surface area contributed by atoms with Gasteiger partial charge in [-0.1, -0.05) is 24.3 Å². The molecule has 0 bridgehead atoms. The van der Waals surface area contributed by atoms with Crippen LogP contribution in [0.3, 0.4) is 0 Å². The van der Waals surface area contributed by atoms with Gasteiger partial charge in [0.1, 0.15) is 6.54 Å². The van der Waals surface area contributed by atoms with Gasteiger partial charge in [0.15, 0.2) is 6.54 Å². The lowest BCUT2D eigenvalue weighted by Crippen LogP contribution is -3.08. The van der Waals surface area contributed by atoms with E-state index in [9.17, 15) is 22.8 Å². The van der Waals surface area contributed by atoms with E-state index < -0.39 is 17.7 Å². The van der Waals surface area contributed by atoms with E-state index in [1.54, 1.807) is 31.3 Å². The van der Waals surface area contributed by atoms with Gasteiger partial charge in [0.25, 0.3) is 5.91 Å². The number of alkyl halides is 3. The fourth-order valence-corrected chi connectivity index (χ4v) is 2.57. The van der Waals surface area contributed by atoms with Crippen molar-refractivity contribution in [1.29, 1.82) is 0 Å². The van der Waals surface area contributed by atoms with Crippen LogP contribution in [-0.4, -0.2) is 32.6 Å². The minimum Gasteiger partial charge on any atom is -0.465 e. The lowest BCUT2D eigenvalue weighted by molar-refractivity contribution is -0.885. The zero-order chi connectivity index (χ0) is 20.0. The Bertz CT molecular complexity index is 805. The van der Waals surface area contributed by atoms with Crippen molar-refractivity contribution in [2.24, 2.45) is 0 Å². The first-order valence-electron chi connectivity index (χ1n) is 8.15. The summed E-state index contributed by atoms with van der Waals surface area (Å²) < 4.78 is 42.4. The highest BCUT2D eigenvalue weighted by Gasteiger charge is 2.30. The number of carbonyl (C=O) groups is 2. The number of halogens is 3. The molecule has 0 heterocycles. The molecule has 27 heavy (non-hydrogen) atoms. The monoisotopic (exact) mass is 381 g/mol. The standard InChI is InChI=1S/C19H19F3N2O3/c1-24(11-13-7-9-14(10-8-13)19(20,21)22)12-17(25)23-16-6-4-3-5-15(16)18(26)27-2/h3-10H,11-12H2,1-2H3,(H,23,25)/p+1. The van der Waals surface area contributed by atoms with Crippen LogP contribution < -0.4 is 10.2 Å². The van der Waals surface area contributed by atoms with Crippen molar-refractivity contribution in [1.82, 2.24) is 0 Å². The summed E-state index contributed by atoms with van der Waals surface area (Å²) in [5, 5.41) is 2.66. The molecule has 2 aromatic rings. The highest BCUT2D eigenvalue weighted by atomic mass is 19.4. The molecule has 8 heteroatoms. The molecule has 0 aliphatic carbocycles. The Labute approximate surface area is 154 Å². The van der Waals surface area contributed by atoms with Gasteiger partial charge >= 0.3 is 12.1 Å². The summed E-state index contributed by atoms with van der Waals surface area (Å²) >= 11 is 0. The number of rotatable bonds is 6. The number of benzene rings is 2. The SMILES string of the molecule is COC(=O)c1ccccc1NC(=O)C[NH+](C)Cc1ccc(C(F)(F)F)cc1. The second kappa shape index (κ2) is 8.68. The highest BCUT2D eigenvalue weighted by molar-refractivity contribution is 6.01. The van der Waals surface area contributed by atoms with Crippen molar-refractivity contribution in [2.45, 2.75) is 12.7 Å². The van der Waals surface area contributed by atoms with Gasteiger partial charge in [-0.3, -0.25) is 4.79 Å². The van der Waals surface area contributed by atoms with Gasteiger partial charge in [-0.15, -0.1) is 0 Å². The Hall–Kier alpha value is -2.87. The molecule has 0 saturated heterocycles. The molecule has 1 atom stereocenters. The average molecular weight is 381 g/mol. The molecule has 0 fully saturated rings. The molecular weight excluding hydrogens is 361 g/mol. The largest absolute Gasteiger partial charge is 0.465 e. The minimum atomic E-state index is -4.37. The third-order valence-corrected chi connectivity index (χ3v) is 3.86. The number of amides is 1. The molecule has 2 N–H and O–H groups in total. The molecule has 2 aromatic carbocycles. The Balaban J connectivity index is 1.95. The van der Waals surface area contributed by atoms with Gasteiger partial charge < -0.3 is 15.0 Å². The maximum Gasteiger partial charge on any atom is 0.416 e. The number of esters is 1. The smallest absolute Gasteiger partial charge is 0.416 e. The highest BCUT2D eigenvalue weighted by Crippen LogP contribution is 2.28. The third kappa shape index (κ3) is 5.82. The fourth-order valence-electron chi connectivity index (χ4n) is 2.57. The predicted molar refractivity (Wildman–Crippen MR) is 93.3 cm³/mol. The number of carbonyl (C=O) groups excluding carboxylic acids is 2. The van der Waals surface area contributed by atoms with E-state index in [4.69, 9.17) is 0 Å². The van der Waals surface area contributed by atoms with Gasteiger partial charge in [-0.05, 0) is 24.3 Å². The van der Waals surface area contributed by atoms with E-state index in [0.717, 1.165) is 17.0 Å². The lowest BCUT2D eigenvalue weighted by Gasteiger charge is -2.15. The summed E-state index contributed by atoms with van der Waals surface area (Å²) in [6.45, 7) is 0.459. The van der Waals surface area contributed by atoms with Crippen LogP contribution in [-0.2, 0) is 22.3 Å². The summed E-state index contributed by atoms with van der Waals surface area (Å²) in [4.78, 5) is 24.7. The molecule has 0 aliphatic rings. The zero-order valence-electron chi connectivity index (χ0n) is 14.9. The molecule has 0 saturated carbocycles. The van der Waals surface area contributed by atoms with E-state index in [1.165, 1.54) is 19.2 Å². The number of para-hydroxylation sites is 1. The molecule has 0 radical (unpaired) electrons. The van der Waals surface area contributed by atoms with Gasteiger partial charge in [-0.25, -0.2) is 4.79 Å². The Kier molecular flexibility index (Phi) is 6.57. The Morgan fingerprint density at radius 1 is 1.07 bits per heavy atom. The number of nitrogens with one attached hydrogen (secondary N) is 2. The summed E-state index contributed by atoms with van der Waals surface area (Å²) in [7, 11) is 3.01. The second-order valence-electron chi connectivity index (χ2n) is 6.09. The molecule has 0 aliphatic heterocycles. The molecule has 1 amide bonds. The first kappa shape index (κ1) is 20.4.